The average molecular weight is 492 g/mol. The van der Waals surface area contributed by atoms with Gasteiger partial charge in [-0.25, -0.2) is 8.42 Å². The Labute approximate surface area is 208 Å². The van der Waals surface area contributed by atoms with Gasteiger partial charge in [0.05, 0.1) is 11.4 Å². The molecule has 3 aromatic rings. The Kier molecular flexibility index (Phi) is 8.55. The molecule has 0 saturated carbocycles. The zero-order valence-electron chi connectivity index (χ0n) is 19.9. The van der Waals surface area contributed by atoms with E-state index >= 15 is 0 Å². The van der Waals surface area contributed by atoms with Crippen molar-refractivity contribution in [2.24, 2.45) is 5.92 Å². The van der Waals surface area contributed by atoms with E-state index in [1.54, 1.807) is 0 Å². The van der Waals surface area contributed by atoms with Crippen LogP contribution in [0.1, 0.15) is 24.0 Å². The molecule has 0 unspecified atom stereocenters. The zero-order valence-corrected chi connectivity index (χ0v) is 20.7. The van der Waals surface area contributed by atoms with E-state index in [-0.39, 0.29) is 17.6 Å². The first-order valence-electron chi connectivity index (χ1n) is 12.1. The molecule has 7 heteroatoms. The molecule has 1 aliphatic rings. The van der Waals surface area contributed by atoms with E-state index in [9.17, 15) is 13.2 Å². The molecule has 0 atom stereocenters. The van der Waals surface area contributed by atoms with Gasteiger partial charge in [-0.05, 0) is 49.2 Å². The maximum atomic E-state index is 13.4. The molecule has 35 heavy (non-hydrogen) atoms. The number of carbonyl (C=O) groups is 1. The second kappa shape index (κ2) is 12.0. The average Bonchev–Trinajstić information content (AvgIpc) is 2.89. The summed E-state index contributed by atoms with van der Waals surface area (Å²) >= 11 is 0. The van der Waals surface area contributed by atoms with Crippen molar-refractivity contribution >= 4 is 21.6 Å². The largest absolute Gasteiger partial charge is 0.352 e. The van der Waals surface area contributed by atoms with Crippen molar-refractivity contribution in [1.29, 1.82) is 0 Å². The molecule has 184 valence electrons. The minimum Gasteiger partial charge on any atom is -0.352 e. The van der Waals surface area contributed by atoms with Crippen LogP contribution in [-0.4, -0.2) is 45.4 Å². The van der Waals surface area contributed by atoms with Gasteiger partial charge in [0.1, 0.15) is 0 Å². The number of amides is 1. The highest BCUT2D eigenvalue weighted by molar-refractivity contribution is 7.92. The molecular formula is C28H33N3O3S. The number of piperidine rings is 1. The van der Waals surface area contributed by atoms with Crippen molar-refractivity contribution < 1.29 is 13.2 Å². The molecule has 0 bridgehead atoms. The van der Waals surface area contributed by atoms with Crippen molar-refractivity contribution in [1.82, 2.24) is 10.2 Å². The number of likely N-dealkylation sites (tertiary alicyclic amines) is 1. The molecule has 3 aromatic carbocycles. The van der Waals surface area contributed by atoms with Crippen molar-refractivity contribution in [3.63, 3.8) is 0 Å². The summed E-state index contributed by atoms with van der Waals surface area (Å²) in [5.74, 6) is 0.0682. The first kappa shape index (κ1) is 24.9. The Morgan fingerprint density at radius 2 is 1.37 bits per heavy atom. The summed E-state index contributed by atoms with van der Waals surface area (Å²) < 4.78 is 28.2. The van der Waals surface area contributed by atoms with E-state index in [4.69, 9.17) is 0 Å². The highest BCUT2D eigenvalue weighted by atomic mass is 32.2. The third-order valence-electron chi connectivity index (χ3n) is 6.46. The van der Waals surface area contributed by atoms with E-state index in [0.29, 0.717) is 25.3 Å². The molecule has 6 nitrogen and oxygen atoms in total. The number of para-hydroxylation sites is 1. The van der Waals surface area contributed by atoms with Crippen LogP contribution in [0.25, 0.3) is 0 Å². The summed E-state index contributed by atoms with van der Waals surface area (Å²) in [4.78, 5) is 14.9. The summed E-state index contributed by atoms with van der Waals surface area (Å²) in [6, 6.07) is 28.5. The fourth-order valence-electron chi connectivity index (χ4n) is 4.47. The predicted octanol–water partition coefficient (Wildman–Crippen LogP) is 4.05. The molecule has 1 aliphatic heterocycles. The Hall–Kier alpha value is -3.16. The molecular weight excluding hydrogens is 458 g/mol. The van der Waals surface area contributed by atoms with Crippen LogP contribution in [0, 0.1) is 5.92 Å². The molecule has 0 aromatic heterocycles. The molecule has 1 N–H and O–H groups in total. The number of benzene rings is 3. The Balaban J connectivity index is 1.32. The van der Waals surface area contributed by atoms with E-state index in [0.717, 1.165) is 37.1 Å². The van der Waals surface area contributed by atoms with Crippen LogP contribution in [0.2, 0.25) is 0 Å². The molecule has 1 amide bonds. The monoisotopic (exact) mass is 491 g/mol. The summed E-state index contributed by atoms with van der Waals surface area (Å²) in [6.45, 7) is 3.12. The lowest BCUT2D eigenvalue weighted by Gasteiger charge is -2.33. The lowest BCUT2D eigenvalue weighted by Crippen LogP contribution is -2.44. The van der Waals surface area contributed by atoms with Crippen LogP contribution < -0.4 is 9.62 Å². The Morgan fingerprint density at radius 1 is 0.829 bits per heavy atom. The summed E-state index contributed by atoms with van der Waals surface area (Å²) in [5.41, 5.74) is 2.55. The van der Waals surface area contributed by atoms with Crippen LogP contribution in [0.3, 0.4) is 0 Å². The lowest BCUT2D eigenvalue weighted by atomic mass is 9.96. The van der Waals surface area contributed by atoms with Gasteiger partial charge in [0.25, 0.3) is 0 Å². The van der Waals surface area contributed by atoms with Crippen LogP contribution in [-0.2, 0) is 27.1 Å². The number of hydrogen-bond acceptors (Lipinski definition) is 4. The quantitative estimate of drug-likeness (QED) is 0.465. The van der Waals surface area contributed by atoms with Crippen LogP contribution in [0.15, 0.2) is 91.0 Å². The van der Waals surface area contributed by atoms with E-state index in [1.807, 2.05) is 91.0 Å². The highest BCUT2D eigenvalue weighted by Gasteiger charge is 2.27. The summed E-state index contributed by atoms with van der Waals surface area (Å²) in [7, 11) is -3.54. The third kappa shape index (κ3) is 7.16. The van der Waals surface area contributed by atoms with Crippen LogP contribution in [0.4, 0.5) is 5.69 Å². The van der Waals surface area contributed by atoms with E-state index in [1.165, 1.54) is 4.31 Å². The van der Waals surface area contributed by atoms with Gasteiger partial charge in [0, 0.05) is 25.6 Å². The number of anilines is 1. The normalized spacial score (nSPS) is 15.0. The maximum Gasteiger partial charge on any atom is 0.239 e. The molecule has 1 heterocycles. The SMILES string of the molecule is O=C(NCc1ccccc1)C1CCN(CCN(c2ccccc2)S(=O)(=O)Cc2ccccc2)CC1. The number of rotatable bonds is 10. The molecule has 0 radical (unpaired) electrons. The molecule has 1 fully saturated rings. The minimum absolute atomic E-state index is 0.00185. The Bertz CT molecular complexity index is 1160. The Morgan fingerprint density at radius 3 is 1.97 bits per heavy atom. The van der Waals surface area contributed by atoms with E-state index < -0.39 is 10.0 Å². The molecule has 0 aliphatic carbocycles. The maximum absolute atomic E-state index is 13.4. The van der Waals surface area contributed by atoms with Crippen LogP contribution >= 0.6 is 0 Å². The number of nitrogens with zero attached hydrogens (tertiary/aromatic N) is 2. The fourth-order valence-corrected chi connectivity index (χ4v) is 6.04. The minimum atomic E-state index is -3.54. The van der Waals surface area contributed by atoms with Gasteiger partial charge < -0.3 is 10.2 Å². The summed E-state index contributed by atoms with van der Waals surface area (Å²) in [5, 5.41) is 3.05. The lowest BCUT2D eigenvalue weighted by molar-refractivity contribution is -0.126. The smallest absolute Gasteiger partial charge is 0.239 e. The van der Waals surface area contributed by atoms with Crippen LogP contribution in [0.5, 0.6) is 0 Å². The number of carbonyl (C=O) groups excluding carboxylic acids is 1. The first-order valence-corrected chi connectivity index (χ1v) is 13.8. The summed E-state index contributed by atoms with van der Waals surface area (Å²) in [6.07, 6.45) is 1.56. The number of hydrogen-bond donors (Lipinski definition) is 1. The van der Waals surface area contributed by atoms with Gasteiger partial charge in [-0.15, -0.1) is 0 Å². The van der Waals surface area contributed by atoms with Crippen molar-refractivity contribution in [3.05, 3.63) is 102 Å². The van der Waals surface area contributed by atoms with Gasteiger partial charge in [-0.3, -0.25) is 9.10 Å². The molecule has 0 spiro atoms. The molecule has 1 saturated heterocycles. The van der Waals surface area contributed by atoms with E-state index in [2.05, 4.69) is 10.2 Å². The zero-order chi connectivity index (χ0) is 24.5. The topological polar surface area (TPSA) is 69.7 Å². The van der Waals surface area contributed by atoms with Gasteiger partial charge in [0.15, 0.2) is 0 Å². The highest BCUT2D eigenvalue weighted by Crippen LogP contribution is 2.22. The standard InChI is InChI=1S/C28H33N3O3S/c32-28(29-22-24-10-4-1-5-11-24)26-16-18-30(19-17-26)20-21-31(27-14-8-3-9-15-27)35(33,34)23-25-12-6-2-7-13-25/h1-15,26H,16-23H2,(H,29,32). The van der Waals surface area contributed by atoms with Gasteiger partial charge in [-0.1, -0.05) is 78.9 Å². The van der Waals surface area contributed by atoms with Crippen molar-refractivity contribution in [2.75, 3.05) is 30.5 Å². The number of sulfonamides is 1. The predicted molar refractivity (Wildman–Crippen MR) is 140 cm³/mol. The second-order valence-electron chi connectivity index (χ2n) is 8.97. The van der Waals surface area contributed by atoms with Gasteiger partial charge in [0.2, 0.25) is 15.9 Å². The van der Waals surface area contributed by atoms with Crippen molar-refractivity contribution in [3.8, 4) is 0 Å². The number of nitrogens with one attached hydrogen (secondary N) is 1. The first-order chi connectivity index (χ1) is 17.0. The van der Waals surface area contributed by atoms with Gasteiger partial charge >= 0.3 is 0 Å². The fraction of sp³-hybridized carbons (Fsp3) is 0.321. The third-order valence-corrected chi connectivity index (χ3v) is 8.22. The second-order valence-corrected chi connectivity index (χ2v) is 10.9. The van der Waals surface area contributed by atoms with Crippen molar-refractivity contribution in [2.45, 2.75) is 25.1 Å². The van der Waals surface area contributed by atoms with Gasteiger partial charge in [-0.2, -0.15) is 0 Å². The molecule has 4 rings (SSSR count).